The predicted molar refractivity (Wildman–Crippen MR) is 148 cm³/mol. The summed E-state index contributed by atoms with van der Waals surface area (Å²) < 4.78 is 12.6. The van der Waals surface area contributed by atoms with Crippen LogP contribution in [0.1, 0.15) is 146 Å². The van der Waals surface area contributed by atoms with E-state index in [9.17, 15) is 9.59 Å². The number of amides is 1. The number of likely N-dealkylation sites (tertiary alicyclic amines) is 1. The van der Waals surface area contributed by atoms with E-state index in [1.807, 2.05) is 11.8 Å². The van der Waals surface area contributed by atoms with Crippen LogP contribution in [-0.2, 0) is 14.3 Å². The van der Waals surface area contributed by atoms with Crippen molar-refractivity contribution in [3.05, 3.63) is 0 Å². The molecule has 0 N–H and O–H groups in total. The van der Waals surface area contributed by atoms with Crippen molar-refractivity contribution in [3.63, 3.8) is 0 Å². The molecule has 0 aromatic rings. The van der Waals surface area contributed by atoms with Gasteiger partial charge in [0.25, 0.3) is 0 Å². The molecule has 0 aromatic carbocycles. The van der Waals surface area contributed by atoms with Crippen molar-refractivity contribution >= 4 is 12.1 Å². The van der Waals surface area contributed by atoms with Crippen LogP contribution in [0.4, 0.5) is 4.79 Å². The SMILES string of the molecule is CCCCC(CCCC)(CCCC)OC(=O)N1CCC(C)(OC(=O)C2(CC(C)(C)C)CC2(C)C)CC1. The molecule has 1 unspecified atom stereocenters. The van der Waals surface area contributed by atoms with Gasteiger partial charge in [0.15, 0.2) is 0 Å². The van der Waals surface area contributed by atoms with E-state index in [0.29, 0.717) is 25.9 Å². The average molecular weight is 508 g/mol. The second-order valence-electron chi connectivity index (χ2n) is 14.1. The van der Waals surface area contributed by atoms with Crippen molar-refractivity contribution in [1.29, 1.82) is 0 Å². The molecule has 1 aliphatic heterocycles. The van der Waals surface area contributed by atoms with Gasteiger partial charge < -0.3 is 14.4 Å². The summed E-state index contributed by atoms with van der Waals surface area (Å²) in [4.78, 5) is 28.7. The quantitative estimate of drug-likeness (QED) is 0.234. The summed E-state index contributed by atoms with van der Waals surface area (Å²) in [5.41, 5.74) is -1.20. The smallest absolute Gasteiger partial charge is 0.410 e. The largest absolute Gasteiger partial charge is 0.459 e. The van der Waals surface area contributed by atoms with Crippen LogP contribution < -0.4 is 0 Å². The summed E-state index contributed by atoms with van der Waals surface area (Å²) in [6.45, 7) is 20.8. The number of nitrogens with zero attached hydrogens (tertiary/aromatic N) is 1. The predicted octanol–water partition coefficient (Wildman–Crippen LogP) is 8.68. The van der Waals surface area contributed by atoms with E-state index >= 15 is 0 Å². The van der Waals surface area contributed by atoms with E-state index in [1.165, 1.54) is 0 Å². The number of carbonyl (C=O) groups excluding carboxylic acids is 2. The molecule has 2 aliphatic rings. The molecule has 210 valence electrons. The third-order valence-electron chi connectivity index (χ3n) is 8.82. The van der Waals surface area contributed by atoms with Gasteiger partial charge >= 0.3 is 12.1 Å². The van der Waals surface area contributed by atoms with Crippen LogP contribution >= 0.6 is 0 Å². The molecule has 36 heavy (non-hydrogen) atoms. The molecule has 0 aromatic heterocycles. The molecule has 1 saturated heterocycles. The Morgan fingerprint density at radius 2 is 1.28 bits per heavy atom. The topological polar surface area (TPSA) is 55.8 Å². The maximum Gasteiger partial charge on any atom is 0.410 e. The summed E-state index contributed by atoms with van der Waals surface area (Å²) in [7, 11) is 0. The van der Waals surface area contributed by atoms with Crippen molar-refractivity contribution in [2.24, 2.45) is 16.2 Å². The number of rotatable bonds is 13. The van der Waals surface area contributed by atoms with Gasteiger partial charge in [-0.15, -0.1) is 0 Å². The van der Waals surface area contributed by atoms with Crippen LogP contribution in [0.15, 0.2) is 0 Å². The van der Waals surface area contributed by atoms with Gasteiger partial charge in [-0.2, -0.15) is 0 Å². The molecule has 1 saturated carbocycles. The van der Waals surface area contributed by atoms with Crippen LogP contribution in [0.2, 0.25) is 0 Å². The van der Waals surface area contributed by atoms with Crippen LogP contribution in [0.5, 0.6) is 0 Å². The fourth-order valence-electron chi connectivity index (χ4n) is 6.20. The minimum Gasteiger partial charge on any atom is -0.459 e. The minimum atomic E-state index is -0.527. The highest BCUT2D eigenvalue weighted by Gasteiger charge is 2.68. The maximum atomic E-state index is 13.5. The molecule has 2 rings (SSSR count). The fourth-order valence-corrected chi connectivity index (χ4v) is 6.20. The Labute approximate surface area is 222 Å². The first-order valence-corrected chi connectivity index (χ1v) is 14.9. The van der Waals surface area contributed by atoms with Crippen LogP contribution in [-0.4, -0.2) is 41.3 Å². The lowest BCUT2D eigenvalue weighted by Crippen LogP contribution is -2.50. The van der Waals surface area contributed by atoms with Crippen molar-refractivity contribution in [2.45, 2.75) is 157 Å². The summed E-state index contributed by atoms with van der Waals surface area (Å²) in [5, 5.41) is 0. The van der Waals surface area contributed by atoms with Crippen LogP contribution in [0.3, 0.4) is 0 Å². The Bertz CT molecular complexity index is 708. The number of unbranched alkanes of at least 4 members (excludes halogenated alkanes) is 3. The van der Waals surface area contributed by atoms with Crippen molar-refractivity contribution in [3.8, 4) is 0 Å². The molecule has 0 spiro atoms. The molecule has 1 aliphatic carbocycles. The first kappa shape index (κ1) is 31.0. The summed E-state index contributed by atoms with van der Waals surface area (Å²) in [6.07, 6.45) is 12.3. The van der Waals surface area contributed by atoms with Crippen LogP contribution in [0, 0.1) is 16.2 Å². The zero-order chi connectivity index (χ0) is 27.3. The third kappa shape index (κ3) is 7.87. The Kier molecular flexibility index (Phi) is 10.4. The van der Waals surface area contributed by atoms with Gasteiger partial charge in [-0.3, -0.25) is 4.79 Å². The molecule has 1 atom stereocenters. The van der Waals surface area contributed by atoms with E-state index in [-0.39, 0.29) is 33.9 Å². The molecular formula is C31H57NO4. The van der Waals surface area contributed by atoms with Gasteiger partial charge in [-0.1, -0.05) is 74.7 Å². The minimum absolute atomic E-state index is 0.0168. The Morgan fingerprint density at radius 3 is 1.64 bits per heavy atom. The van der Waals surface area contributed by atoms with Gasteiger partial charge in [-0.05, 0) is 69.1 Å². The fraction of sp³-hybridized carbons (Fsp3) is 0.935. The van der Waals surface area contributed by atoms with E-state index in [0.717, 1.165) is 70.6 Å². The molecule has 2 fully saturated rings. The summed E-state index contributed by atoms with van der Waals surface area (Å²) >= 11 is 0. The monoisotopic (exact) mass is 507 g/mol. The molecule has 0 radical (unpaired) electrons. The zero-order valence-electron chi connectivity index (χ0n) is 25.2. The Morgan fingerprint density at radius 1 is 0.833 bits per heavy atom. The maximum absolute atomic E-state index is 13.5. The second-order valence-corrected chi connectivity index (χ2v) is 14.1. The Hall–Kier alpha value is -1.26. The zero-order valence-corrected chi connectivity index (χ0v) is 25.2. The highest BCUT2D eigenvalue weighted by Crippen LogP contribution is 2.68. The van der Waals surface area contributed by atoms with Crippen molar-refractivity contribution in [1.82, 2.24) is 4.90 Å². The lowest BCUT2D eigenvalue weighted by molar-refractivity contribution is -0.172. The van der Waals surface area contributed by atoms with Crippen molar-refractivity contribution < 1.29 is 19.1 Å². The normalized spacial score (nSPS) is 23.3. The number of hydrogen-bond donors (Lipinski definition) is 0. The van der Waals surface area contributed by atoms with Crippen molar-refractivity contribution in [2.75, 3.05) is 13.1 Å². The van der Waals surface area contributed by atoms with E-state index in [1.54, 1.807) is 0 Å². The van der Waals surface area contributed by atoms with Gasteiger partial charge in [0.05, 0.1) is 5.41 Å². The van der Waals surface area contributed by atoms with Crippen LogP contribution in [0.25, 0.3) is 0 Å². The first-order chi connectivity index (χ1) is 16.7. The van der Waals surface area contributed by atoms with E-state index in [4.69, 9.17) is 9.47 Å². The number of hydrogen-bond acceptors (Lipinski definition) is 4. The highest BCUT2D eigenvalue weighted by atomic mass is 16.6. The lowest BCUT2D eigenvalue weighted by atomic mass is 9.78. The van der Waals surface area contributed by atoms with Gasteiger partial charge in [0.1, 0.15) is 11.2 Å². The molecule has 1 amide bonds. The van der Waals surface area contributed by atoms with Gasteiger partial charge in [0, 0.05) is 25.9 Å². The third-order valence-corrected chi connectivity index (χ3v) is 8.82. The molecule has 0 bridgehead atoms. The highest BCUT2D eigenvalue weighted by molar-refractivity contribution is 5.82. The van der Waals surface area contributed by atoms with Gasteiger partial charge in [-0.25, -0.2) is 4.79 Å². The molecule has 1 heterocycles. The van der Waals surface area contributed by atoms with E-state index < -0.39 is 5.60 Å². The summed E-state index contributed by atoms with van der Waals surface area (Å²) in [6, 6.07) is 0. The molecule has 5 nitrogen and oxygen atoms in total. The standard InChI is InChI=1S/C31H57NO4/c1-10-13-16-30(17-14-11-2,18-15-12-3)36-26(34)32-21-19-29(9,20-22-32)35-25(33)31(23-27(4,5)6)24-28(31,7)8/h10-24H2,1-9H3. The second kappa shape index (κ2) is 12.1. The van der Waals surface area contributed by atoms with E-state index in [2.05, 4.69) is 55.4 Å². The van der Waals surface area contributed by atoms with Gasteiger partial charge in [0.2, 0.25) is 0 Å². The number of ether oxygens (including phenoxy) is 2. The average Bonchev–Trinajstić information content (AvgIpc) is 3.34. The number of carbonyl (C=O) groups is 2. The first-order valence-electron chi connectivity index (χ1n) is 14.9. The lowest BCUT2D eigenvalue weighted by Gasteiger charge is -2.42. The summed E-state index contributed by atoms with van der Waals surface area (Å²) in [5.74, 6) is -0.0429. The number of esters is 1. The molecular weight excluding hydrogens is 450 g/mol. The Balaban J connectivity index is 2.02. The molecule has 5 heteroatoms. The number of piperidine rings is 1.